The molecule has 0 bridgehead atoms. The molecule has 7 heteroatoms. The first-order valence-electron chi connectivity index (χ1n) is 7.07. The Morgan fingerprint density at radius 1 is 1.32 bits per heavy atom. The molecular formula is C15H14FN5O. The summed E-state index contributed by atoms with van der Waals surface area (Å²) in [5.41, 5.74) is 1.44. The monoisotopic (exact) mass is 299 g/mol. The number of nitrogens with zero attached hydrogens (tertiary/aromatic N) is 5. The lowest BCUT2D eigenvalue weighted by Gasteiger charge is -2.25. The number of aliphatic hydroxyl groups excluding tert-OH is 1. The maximum Gasteiger partial charge on any atom is 0.203 e. The molecule has 4 rings (SSSR count). The molecule has 1 aliphatic heterocycles. The molecule has 1 aliphatic rings. The van der Waals surface area contributed by atoms with Crippen LogP contribution in [0.25, 0.3) is 5.65 Å². The Kier molecular flexibility index (Phi) is 3.00. The average molecular weight is 299 g/mol. The van der Waals surface area contributed by atoms with Gasteiger partial charge < -0.3 is 10.0 Å². The maximum absolute atomic E-state index is 13.5. The fraction of sp³-hybridized carbons (Fsp3) is 0.267. The van der Waals surface area contributed by atoms with Gasteiger partial charge in [0.05, 0.1) is 12.1 Å². The number of rotatable bonds is 2. The van der Waals surface area contributed by atoms with E-state index in [-0.39, 0.29) is 11.9 Å². The summed E-state index contributed by atoms with van der Waals surface area (Å²) in [5, 5.41) is 18.1. The van der Waals surface area contributed by atoms with Crippen molar-refractivity contribution in [2.75, 3.05) is 11.4 Å². The van der Waals surface area contributed by atoms with E-state index in [1.807, 2.05) is 11.0 Å². The molecule has 22 heavy (non-hydrogen) atoms. The molecule has 6 nitrogen and oxygen atoms in total. The van der Waals surface area contributed by atoms with Crippen molar-refractivity contribution in [3.8, 4) is 0 Å². The summed E-state index contributed by atoms with van der Waals surface area (Å²) in [6.45, 7) is 0.431. The zero-order chi connectivity index (χ0) is 15.1. The van der Waals surface area contributed by atoms with Gasteiger partial charge in [0.1, 0.15) is 12.1 Å². The van der Waals surface area contributed by atoms with Gasteiger partial charge in [-0.2, -0.15) is 0 Å². The number of aromatic nitrogens is 4. The number of hydrogen-bond acceptors (Lipinski definition) is 5. The van der Waals surface area contributed by atoms with Crippen LogP contribution in [0.15, 0.2) is 43.0 Å². The van der Waals surface area contributed by atoms with Gasteiger partial charge in [0.25, 0.3) is 0 Å². The van der Waals surface area contributed by atoms with E-state index >= 15 is 0 Å². The zero-order valence-corrected chi connectivity index (χ0v) is 11.7. The van der Waals surface area contributed by atoms with Gasteiger partial charge in [-0.1, -0.05) is 12.1 Å². The van der Waals surface area contributed by atoms with Crippen LogP contribution in [0.3, 0.4) is 0 Å². The Morgan fingerprint density at radius 3 is 3.09 bits per heavy atom. The van der Waals surface area contributed by atoms with Crippen molar-refractivity contribution < 1.29 is 9.50 Å². The summed E-state index contributed by atoms with van der Waals surface area (Å²) in [7, 11) is 0. The van der Waals surface area contributed by atoms with Gasteiger partial charge in [-0.25, -0.2) is 9.37 Å². The quantitative estimate of drug-likeness (QED) is 0.778. The number of halogens is 1. The van der Waals surface area contributed by atoms with Crippen LogP contribution < -0.4 is 4.90 Å². The van der Waals surface area contributed by atoms with E-state index in [2.05, 4.69) is 15.2 Å². The number of benzene rings is 1. The molecule has 112 valence electrons. The summed E-state index contributed by atoms with van der Waals surface area (Å²) in [6.07, 6.45) is 5.07. The fourth-order valence-electron chi connectivity index (χ4n) is 3.03. The van der Waals surface area contributed by atoms with Gasteiger partial charge in [0.2, 0.25) is 5.65 Å². The Hall–Kier alpha value is -2.54. The van der Waals surface area contributed by atoms with Gasteiger partial charge in [-0.15, -0.1) is 10.2 Å². The number of aliphatic hydroxyl groups is 1. The second-order valence-corrected chi connectivity index (χ2v) is 5.43. The molecule has 1 saturated heterocycles. The van der Waals surface area contributed by atoms with E-state index in [1.165, 1.54) is 12.1 Å². The van der Waals surface area contributed by atoms with Crippen molar-refractivity contribution in [1.29, 1.82) is 0 Å². The van der Waals surface area contributed by atoms with Gasteiger partial charge in [-0.3, -0.25) is 4.40 Å². The molecule has 0 unspecified atom stereocenters. The molecule has 3 aromatic rings. The van der Waals surface area contributed by atoms with Crippen molar-refractivity contribution in [2.24, 2.45) is 0 Å². The lowest BCUT2D eigenvalue weighted by molar-refractivity contribution is 0.194. The lowest BCUT2D eigenvalue weighted by Crippen LogP contribution is -2.26. The smallest absolute Gasteiger partial charge is 0.203 e. The highest BCUT2D eigenvalue weighted by Gasteiger charge is 2.34. The van der Waals surface area contributed by atoms with E-state index in [9.17, 15) is 9.50 Å². The van der Waals surface area contributed by atoms with Gasteiger partial charge in [-0.05, 0) is 24.1 Å². The van der Waals surface area contributed by atoms with E-state index in [4.69, 9.17) is 0 Å². The normalized spacial score (nSPS) is 21.6. The molecule has 0 spiro atoms. The highest BCUT2D eigenvalue weighted by atomic mass is 19.1. The van der Waals surface area contributed by atoms with Crippen molar-refractivity contribution in [3.63, 3.8) is 0 Å². The average Bonchev–Trinajstić information content (AvgIpc) is 3.13. The van der Waals surface area contributed by atoms with Crippen LogP contribution in [-0.2, 0) is 0 Å². The van der Waals surface area contributed by atoms with Gasteiger partial charge in [0, 0.05) is 18.9 Å². The first-order chi connectivity index (χ1) is 10.7. The van der Waals surface area contributed by atoms with Crippen molar-refractivity contribution in [2.45, 2.75) is 18.6 Å². The summed E-state index contributed by atoms with van der Waals surface area (Å²) in [6, 6.07) is 6.32. The van der Waals surface area contributed by atoms with Crippen LogP contribution >= 0.6 is 0 Å². The first-order valence-corrected chi connectivity index (χ1v) is 7.07. The molecule has 0 aliphatic carbocycles. The number of hydrogen-bond donors (Lipinski definition) is 1. The number of β-amino-alcohol motifs (C(OH)–C–C–N with tert-alkyl or cyclic N) is 1. The third kappa shape index (κ3) is 2.10. The molecule has 3 heterocycles. The standard InChI is InChI=1S/C15H14FN5O/c16-11-3-1-2-10(6-11)13-7-12(22)8-21(13)14-15-19-18-9-20(15)5-4-17-14/h1-6,9,12-13,22H,7-8H2/t12-,13-/m1/s1. The van der Waals surface area contributed by atoms with Crippen LogP contribution in [0.4, 0.5) is 10.2 Å². The molecule has 0 radical (unpaired) electrons. The topological polar surface area (TPSA) is 66.5 Å². The summed E-state index contributed by atoms with van der Waals surface area (Å²) >= 11 is 0. The van der Waals surface area contributed by atoms with Crippen molar-refractivity contribution >= 4 is 11.5 Å². The third-order valence-electron chi connectivity index (χ3n) is 3.98. The summed E-state index contributed by atoms with van der Waals surface area (Å²) in [5.74, 6) is 0.360. The Labute approximate surface area is 125 Å². The van der Waals surface area contributed by atoms with Crippen LogP contribution in [0.5, 0.6) is 0 Å². The second kappa shape index (κ2) is 5.03. The summed E-state index contributed by atoms with van der Waals surface area (Å²) in [4.78, 5) is 6.35. The second-order valence-electron chi connectivity index (χ2n) is 5.43. The van der Waals surface area contributed by atoms with Crippen LogP contribution in [0, 0.1) is 5.82 Å². The lowest BCUT2D eigenvalue weighted by atomic mass is 10.0. The Balaban J connectivity index is 1.80. The zero-order valence-electron chi connectivity index (χ0n) is 11.7. The molecule has 2 atom stereocenters. The van der Waals surface area contributed by atoms with E-state index in [1.54, 1.807) is 29.2 Å². The molecule has 1 N–H and O–H groups in total. The largest absolute Gasteiger partial charge is 0.391 e. The number of anilines is 1. The first kappa shape index (κ1) is 13.1. The predicted molar refractivity (Wildman–Crippen MR) is 77.9 cm³/mol. The van der Waals surface area contributed by atoms with Crippen molar-refractivity contribution in [1.82, 2.24) is 19.6 Å². The maximum atomic E-state index is 13.5. The highest BCUT2D eigenvalue weighted by molar-refractivity contribution is 5.65. The van der Waals surface area contributed by atoms with Crippen LogP contribution in [0.2, 0.25) is 0 Å². The van der Waals surface area contributed by atoms with E-state index < -0.39 is 6.10 Å². The Morgan fingerprint density at radius 2 is 2.23 bits per heavy atom. The highest BCUT2D eigenvalue weighted by Crippen LogP contribution is 2.36. The van der Waals surface area contributed by atoms with E-state index in [0.29, 0.717) is 24.4 Å². The predicted octanol–water partition coefficient (Wildman–Crippen LogP) is 1.58. The van der Waals surface area contributed by atoms with Gasteiger partial charge in [0.15, 0.2) is 5.82 Å². The minimum atomic E-state index is -0.488. The van der Waals surface area contributed by atoms with Gasteiger partial charge >= 0.3 is 0 Å². The van der Waals surface area contributed by atoms with Crippen LogP contribution in [0.1, 0.15) is 18.0 Å². The fourth-order valence-corrected chi connectivity index (χ4v) is 3.03. The molecule has 1 fully saturated rings. The third-order valence-corrected chi connectivity index (χ3v) is 3.98. The summed E-state index contributed by atoms with van der Waals surface area (Å²) < 4.78 is 15.3. The number of fused-ring (bicyclic) bond motifs is 1. The Bertz CT molecular complexity index is 820. The molecule has 0 amide bonds. The molecule has 0 saturated carbocycles. The van der Waals surface area contributed by atoms with E-state index in [0.717, 1.165) is 5.56 Å². The molecule has 2 aromatic heterocycles. The van der Waals surface area contributed by atoms with Crippen molar-refractivity contribution in [3.05, 3.63) is 54.4 Å². The minimum Gasteiger partial charge on any atom is -0.391 e. The molecule has 1 aromatic carbocycles. The molecular weight excluding hydrogens is 285 g/mol. The SMILES string of the molecule is O[C@@H]1C[C@H](c2cccc(F)c2)N(c2nccn3cnnc23)C1. The van der Waals surface area contributed by atoms with Crippen LogP contribution in [-0.4, -0.2) is 37.3 Å². The minimum absolute atomic E-state index is 0.138.